The fraction of sp³-hybridized carbons (Fsp3) is 0.333. The predicted octanol–water partition coefficient (Wildman–Crippen LogP) is 4.99. The molecule has 1 atom stereocenters. The van der Waals surface area contributed by atoms with Gasteiger partial charge in [-0.15, -0.1) is 34.5 Å². The SMILES string of the molecule is COc1ccc(-c2csc(NC(=O)C3(C)CC3(Cl)Cl)n2)cc1Cl. The van der Waals surface area contributed by atoms with Gasteiger partial charge in [0.2, 0.25) is 5.91 Å². The number of anilines is 1. The number of halogens is 3. The Hall–Kier alpha value is -1.01. The molecule has 0 saturated heterocycles. The van der Waals surface area contributed by atoms with Crippen LogP contribution in [-0.4, -0.2) is 22.3 Å². The molecular weight excluding hydrogens is 379 g/mol. The van der Waals surface area contributed by atoms with Gasteiger partial charge in [-0.1, -0.05) is 11.6 Å². The highest BCUT2D eigenvalue weighted by molar-refractivity contribution is 7.14. The van der Waals surface area contributed by atoms with Gasteiger partial charge >= 0.3 is 0 Å². The van der Waals surface area contributed by atoms with Gasteiger partial charge in [-0.3, -0.25) is 4.79 Å². The van der Waals surface area contributed by atoms with Crippen LogP contribution in [-0.2, 0) is 4.79 Å². The number of nitrogens with one attached hydrogen (secondary N) is 1. The summed E-state index contributed by atoms with van der Waals surface area (Å²) in [6.45, 7) is 1.74. The first-order valence-electron chi connectivity index (χ1n) is 6.75. The van der Waals surface area contributed by atoms with Crippen molar-refractivity contribution in [3.63, 3.8) is 0 Å². The topological polar surface area (TPSA) is 51.2 Å². The summed E-state index contributed by atoms with van der Waals surface area (Å²) in [5.74, 6) is 0.373. The zero-order valence-corrected chi connectivity index (χ0v) is 15.4. The van der Waals surface area contributed by atoms with E-state index >= 15 is 0 Å². The number of carbonyl (C=O) groups is 1. The summed E-state index contributed by atoms with van der Waals surface area (Å²) in [4.78, 5) is 16.7. The summed E-state index contributed by atoms with van der Waals surface area (Å²) in [5.41, 5.74) is 0.791. The first-order valence-corrected chi connectivity index (χ1v) is 8.77. The highest BCUT2D eigenvalue weighted by Crippen LogP contribution is 2.64. The van der Waals surface area contributed by atoms with Crippen LogP contribution < -0.4 is 10.1 Å². The molecule has 1 saturated carbocycles. The van der Waals surface area contributed by atoms with Crippen LogP contribution in [0, 0.1) is 5.41 Å². The van der Waals surface area contributed by atoms with Gasteiger partial charge in [0.05, 0.1) is 23.2 Å². The van der Waals surface area contributed by atoms with Gasteiger partial charge in [0.15, 0.2) is 5.13 Å². The summed E-state index contributed by atoms with van der Waals surface area (Å²) < 4.78 is 4.13. The molecule has 122 valence electrons. The molecule has 1 aromatic heterocycles. The van der Waals surface area contributed by atoms with Crippen LogP contribution in [0.2, 0.25) is 5.02 Å². The molecule has 1 fully saturated rings. The normalized spacial score (nSPS) is 21.8. The number of hydrogen-bond donors (Lipinski definition) is 1. The van der Waals surface area contributed by atoms with Crippen molar-refractivity contribution in [2.24, 2.45) is 5.41 Å². The van der Waals surface area contributed by atoms with E-state index in [2.05, 4.69) is 10.3 Å². The van der Waals surface area contributed by atoms with Crippen LogP contribution in [0.3, 0.4) is 0 Å². The van der Waals surface area contributed by atoms with Gasteiger partial charge in [0.25, 0.3) is 0 Å². The van der Waals surface area contributed by atoms with Gasteiger partial charge in [0, 0.05) is 10.9 Å². The minimum atomic E-state index is -0.999. The van der Waals surface area contributed by atoms with Crippen LogP contribution in [0.5, 0.6) is 5.75 Å². The fourth-order valence-electron chi connectivity index (χ4n) is 2.17. The minimum absolute atomic E-state index is 0.226. The predicted molar refractivity (Wildman–Crippen MR) is 94.9 cm³/mol. The van der Waals surface area contributed by atoms with E-state index < -0.39 is 9.75 Å². The second-order valence-corrected chi connectivity index (χ2v) is 8.30. The molecule has 1 aromatic carbocycles. The number of rotatable bonds is 4. The van der Waals surface area contributed by atoms with E-state index in [9.17, 15) is 4.79 Å². The van der Waals surface area contributed by atoms with Gasteiger partial charge in [-0.2, -0.15) is 0 Å². The van der Waals surface area contributed by atoms with Crippen LogP contribution in [0.4, 0.5) is 5.13 Å². The zero-order chi connectivity index (χ0) is 16.8. The van der Waals surface area contributed by atoms with E-state index in [1.165, 1.54) is 11.3 Å². The molecule has 1 unspecified atom stereocenters. The maximum absolute atomic E-state index is 12.2. The van der Waals surface area contributed by atoms with Gasteiger partial charge in [-0.25, -0.2) is 4.98 Å². The second-order valence-electron chi connectivity index (χ2n) is 5.55. The molecule has 0 spiro atoms. The van der Waals surface area contributed by atoms with Crippen LogP contribution in [0.1, 0.15) is 13.3 Å². The fourth-order valence-corrected chi connectivity index (χ4v) is 3.85. The summed E-state index contributed by atoms with van der Waals surface area (Å²) in [5, 5.41) is 5.61. The lowest BCUT2D eigenvalue weighted by Crippen LogP contribution is -2.25. The molecular formula is C15H13Cl3N2O2S. The maximum atomic E-state index is 12.2. The van der Waals surface area contributed by atoms with E-state index in [0.717, 1.165) is 11.3 Å². The zero-order valence-electron chi connectivity index (χ0n) is 12.3. The molecule has 1 aliphatic rings. The number of ether oxygens (including phenoxy) is 1. The average Bonchev–Trinajstić information content (AvgIpc) is 2.85. The minimum Gasteiger partial charge on any atom is -0.495 e. The van der Waals surface area contributed by atoms with Crippen molar-refractivity contribution in [3.05, 3.63) is 28.6 Å². The first-order chi connectivity index (χ1) is 10.8. The molecule has 1 amide bonds. The van der Waals surface area contributed by atoms with Gasteiger partial charge in [0.1, 0.15) is 10.1 Å². The summed E-state index contributed by atoms with van der Waals surface area (Å²) in [7, 11) is 1.56. The number of thiazole rings is 1. The largest absolute Gasteiger partial charge is 0.495 e. The molecule has 3 rings (SSSR count). The van der Waals surface area contributed by atoms with E-state index in [0.29, 0.717) is 22.3 Å². The van der Waals surface area contributed by atoms with E-state index in [1.807, 2.05) is 11.4 Å². The van der Waals surface area contributed by atoms with E-state index in [-0.39, 0.29) is 5.91 Å². The van der Waals surface area contributed by atoms with Gasteiger partial charge < -0.3 is 10.1 Å². The number of aromatic nitrogens is 1. The van der Waals surface area contributed by atoms with Crippen molar-refractivity contribution in [1.29, 1.82) is 0 Å². The number of amides is 1. The molecule has 0 bridgehead atoms. The lowest BCUT2D eigenvalue weighted by atomic mass is 10.1. The number of methoxy groups -OCH3 is 1. The molecule has 23 heavy (non-hydrogen) atoms. The molecule has 2 aromatic rings. The van der Waals surface area contributed by atoms with Crippen molar-refractivity contribution in [2.75, 3.05) is 12.4 Å². The quantitative estimate of drug-likeness (QED) is 0.747. The molecule has 0 aliphatic heterocycles. The number of benzene rings is 1. The Balaban J connectivity index is 1.76. The standard InChI is InChI=1S/C15H13Cl3N2O2S/c1-14(7-15(14,17)18)12(21)20-13-19-10(6-23-13)8-3-4-11(22-2)9(16)5-8/h3-6H,7H2,1-2H3,(H,19,20,21). The Bertz CT molecular complexity index is 778. The lowest BCUT2D eigenvalue weighted by Gasteiger charge is -2.10. The van der Waals surface area contributed by atoms with Gasteiger partial charge in [-0.05, 0) is 31.5 Å². The number of nitrogens with zero attached hydrogens (tertiary/aromatic N) is 1. The van der Waals surface area contributed by atoms with Crippen molar-refractivity contribution in [2.45, 2.75) is 17.7 Å². The monoisotopic (exact) mass is 390 g/mol. The molecule has 8 heteroatoms. The van der Waals surface area contributed by atoms with Crippen molar-refractivity contribution in [3.8, 4) is 17.0 Å². The highest BCUT2D eigenvalue weighted by atomic mass is 35.5. The van der Waals surface area contributed by atoms with Crippen LogP contribution >= 0.6 is 46.1 Å². The summed E-state index contributed by atoms with van der Waals surface area (Å²) >= 11 is 19.5. The molecule has 1 N–H and O–H groups in total. The number of hydrogen-bond acceptors (Lipinski definition) is 4. The van der Waals surface area contributed by atoms with E-state index in [1.54, 1.807) is 26.2 Å². The van der Waals surface area contributed by atoms with E-state index in [4.69, 9.17) is 39.5 Å². The van der Waals surface area contributed by atoms with Crippen molar-refractivity contribution >= 4 is 57.2 Å². The van der Waals surface area contributed by atoms with Crippen molar-refractivity contribution < 1.29 is 9.53 Å². The Morgan fingerprint density at radius 2 is 2.13 bits per heavy atom. The Morgan fingerprint density at radius 3 is 2.70 bits per heavy atom. The molecule has 4 nitrogen and oxygen atoms in total. The number of carbonyl (C=O) groups excluding carboxylic acids is 1. The molecule has 1 heterocycles. The highest BCUT2D eigenvalue weighted by Gasteiger charge is 2.68. The third-order valence-electron chi connectivity index (χ3n) is 3.93. The van der Waals surface area contributed by atoms with Crippen molar-refractivity contribution in [1.82, 2.24) is 4.98 Å². The Morgan fingerprint density at radius 1 is 1.43 bits per heavy atom. The third-order valence-corrected chi connectivity index (χ3v) is 6.09. The Labute approximate surface area is 152 Å². The first kappa shape index (κ1) is 16.8. The molecule has 1 aliphatic carbocycles. The second kappa shape index (κ2) is 5.81. The Kier molecular flexibility index (Phi) is 4.25. The maximum Gasteiger partial charge on any atom is 0.235 e. The molecule has 0 radical (unpaired) electrons. The smallest absolute Gasteiger partial charge is 0.235 e. The van der Waals surface area contributed by atoms with Crippen LogP contribution in [0.25, 0.3) is 11.3 Å². The summed E-state index contributed by atoms with van der Waals surface area (Å²) in [6.07, 6.45) is 0.432. The third kappa shape index (κ3) is 3.03. The lowest BCUT2D eigenvalue weighted by molar-refractivity contribution is -0.120. The number of alkyl halides is 2. The average molecular weight is 392 g/mol. The van der Waals surface area contributed by atoms with Crippen LogP contribution in [0.15, 0.2) is 23.6 Å². The summed E-state index contributed by atoms with van der Waals surface area (Å²) in [6, 6.07) is 5.40.